The van der Waals surface area contributed by atoms with E-state index >= 15 is 0 Å². The van der Waals surface area contributed by atoms with E-state index in [1.165, 1.54) is 0 Å². The van der Waals surface area contributed by atoms with Gasteiger partial charge in [0.25, 0.3) is 0 Å². The Balaban J connectivity index is 2.12. The van der Waals surface area contributed by atoms with Crippen molar-refractivity contribution in [3.05, 3.63) is 16.1 Å². The molecule has 0 radical (unpaired) electrons. The molecule has 0 saturated carbocycles. The van der Waals surface area contributed by atoms with Crippen molar-refractivity contribution in [2.75, 3.05) is 5.75 Å². The molecule has 2 N–H and O–H groups in total. The molecule has 0 aliphatic carbocycles. The zero-order valence-corrected chi connectivity index (χ0v) is 12.4. The largest absolute Gasteiger partial charge is 0.480 e. The molecular weight excluding hydrogens is 268 g/mol. The van der Waals surface area contributed by atoms with Gasteiger partial charge in [-0.2, -0.15) is 0 Å². The summed E-state index contributed by atoms with van der Waals surface area (Å²) in [6, 6.07) is -0.448. The molecule has 4 nitrogen and oxygen atoms in total. The van der Waals surface area contributed by atoms with E-state index in [-0.39, 0.29) is 10.8 Å². The van der Waals surface area contributed by atoms with Crippen molar-refractivity contribution in [3.8, 4) is 0 Å². The Labute approximate surface area is 115 Å². The second-order valence-electron chi connectivity index (χ2n) is 5.42. The van der Waals surface area contributed by atoms with E-state index in [0.29, 0.717) is 6.42 Å². The number of nitrogens with zero attached hydrogens (tertiary/aromatic N) is 1. The molecule has 0 bridgehead atoms. The van der Waals surface area contributed by atoms with Crippen molar-refractivity contribution in [2.24, 2.45) is 0 Å². The second-order valence-corrected chi connectivity index (χ2v) is 7.50. The topological polar surface area (TPSA) is 62.2 Å². The summed E-state index contributed by atoms with van der Waals surface area (Å²) in [7, 11) is 0. The van der Waals surface area contributed by atoms with Gasteiger partial charge in [-0.1, -0.05) is 20.8 Å². The third kappa shape index (κ3) is 3.05. The number of nitrogens with one attached hydrogen (secondary N) is 1. The Kier molecular flexibility index (Phi) is 3.99. The van der Waals surface area contributed by atoms with Gasteiger partial charge in [0.1, 0.15) is 6.04 Å². The lowest BCUT2D eigenvalue weighted by Crippen LogP contribution is -2.41. The summed E-state index contributed by atoms with van der Waals surface area (Å²) in [6.45, 7) is 6.41. The van der Waals surface area contributed by atoms with Gasteiger partial charge in [-0.15, -0.1) is 23.1 Å². The van der Waals surface area contributed by atoms with Crippen LogP contribution >= 0.6 is 23.1 Å². The molecule has 1 aliphatic rings. The first kappa shape index (κ1) is 13.8. The van der Waals surface area contributed by atoms with Crippen LogP contribution in [0.4, 0.5) is 0 Å². The Morgan fingerprint density at radius 2 is 2.28 bits per heavy atom. The molecule has 2 heterocycles. The van der Waals surface area contributed by atoms with Gasteiger partial charge >= 0.3 is 5.97 Å². The number of aromatic nitrogens is 1. The molecule has 1 saturated heterocycles. The Morgan fingerprint density at radius 1 is 1.56 bits per heavy atom. The van der Waals surface area contributed by atoms with Crippen LogP contribution < -0.4 is 5.32 Å². The quantitative estimate of drug-likeness (QED) is 0.875. The molecule has 0 spiro atoms. The molecule has 1 aliphatic heterocycles. The molecule has 0 aromatic carbocycles. The number of carboxylic acids is 1. The maximum atomic E-state index is 11.0. The molecule has 6 heteroatoms. The smallest absolute Gasteiger partial charge is 0.320 e. The minimum absolute atomic E-state index is 0.00667. The molecular formula is C12H18N2O2S2. The van der Waals surface area contributed by atoms with E-state index in [9.17, 15) is 4.79 Å². The first-order valence-corrected chi connectivity index (χ1v) is 7.87. The zero-order valence-electron chi connectivity index (χ0n) is 10.8. The van der Waals surface area contributed by atoms with Crippen molar-refractivity contribution in [1.82, 2.24) is 10.3 Å². The van der Waals surface area contributed by atoms with Gasteiger partial charge in [-0.3, -0.25) is 10.1 Å². The molecule has 0 amide bonds. The molecule has 18 heavy (non-hydrogen) atoms. The molecule has 2 atom stereocenters. The number of carboxylic acid groups (broad SMARTS) is 1. The monoisotopic (exact) mass is 286 g/mol. The van der Waals surface area contributed by atoms with Crippen molar-refractivity contribution in [1.29, 1.82) is 0 Å². The van der Waals surface area contributed by atoms with Crippen LogP contribution in [-0.2, 0) is 10.2 Å². The maximum absolute atomic E-state index is 11.0. The van der Waals surface area contributed by atoms with Gasteiger partial charge in [0.2, 0.25) is 0 Å². The average Bonchev–Trinajstić information content (AvgIpc) is 2.78. The second kappa shape index (κ2) is 5.19. The molecule has 2 unspecified atom stereocenters. The fourth-order valence-electron chi connectivity index (χ4n) is 1.73. The number of aliphatic carboxylic acids is 1. The summed E-state index contributed by atoms with van der Waals surface area (Å²) in [5.74, 6) is 0.0865. The standard InChI is InChI=1S/C12H18N2O2S2/c1-12(2,3)11-14-8(6-18-11)9-13-7(10(15)16)4-5-17-9/h6-7,9,13H,4-5H2,1-3H3,(H,15,16). The van der Waals surface area contributed by atoms with Gasteiger partial charge in [0, 0.05) is 10.8 Å². The summed E-state index contributed by atoms with van der Waals surface area (Å²) < 4.78 is 0. The molecule has 100 valence electrons. The lowest BCUT2D eigenvalue weighted by atomic mass is 9.98. The fraction of sp³-hybridized carbons (Fsp3) is 0.667. The number of hydrogen-bond acceptors (Lipinski definition) is 5. The SMILES string of the molecule is CC(C)(C)c1nc(C2NC(C(=O)O)CCS2)cs1. The van der Waals surface area contributed by atoms with Crippen molar-refractivity contribution in [3.63, 3.8) is 0 Å². The Bertz CT molecular complexity index is 440. The number of thioether (sulfide) groups is 1. The summed E-state index contributed by atoms with van der Waals surface area (Å²) in [5.41, 5.74) is 1.01. The minimum atomic E-state index is -0.772. The predicted octanol–water partition coefficient (Wildman–Crippen LogP) is 2.62. The zero-order chi connectivity index (χ0) is 13.3. The van der Waals surface area contributed by atoms with Gasteiger partial charge in [-0.05, 0) is 12.2 Å². The third-order valence-corrected chi connectivity index (χ3v) is 5.24. The summed E-state index contributed by atoms with van der Waals surface area (Å²) >= 11 is 3.38. The van der Waals surface area contributed by atoms with Gasteiger partial charge in [0.15, 0.2) is 0 Å². The fourth-order valence-corrected chi connectivity index (χ4v) is 3.91. The summed E-state index contributed by atoms with van der Waals surface area (Å²) in [4.78, 5) is 15.6. The summed E-state index contributed by atoms with van der Waals surface area (Å²) in [6.07, 6.45) is 0.673. The molecule has 1 aromatic heterocycles. The number of thiazole rings is 1. The molecule has 1 fully saturated rings. The van der Waals surface area contributed by atoms with E-state index in [4.69, 9.17) is 5.11 Å². The normalized spacial score (nSPS) is 25.1. The lowest BCUT2D eigenvalue weighted by Gasteiger charge is -2.27. The maximum Gasteiger partial charge on any atom is 0.320 e. The van der Waals surface area contributed by atoms with Crippen LogP contribution in [0.25, 0.3) is 0 Å². The van der Waals surface area contributed by atoms with Crippen LogP contribution in [-0.4, -0.2) is 27.9 Å². The van der Waals surface area contributed by atoms with Crippen LogP contribution in [0.15, 0.2) is 5.38 Å². The van der Waals surface area contributed by atoms with Crippen LogP contribution in [0.3, 0.4) is 0 Å². The molecule has 1 aromatic rings. The van der Waals surface area contributed by atoms with Crippen LogP contribution in [0.2, 0.25) is 0 Å². The first-order chi connectivity index (χ1) is 8.38. The highest BCUT2D eigenvalue weighted by Gasteiger charge is 2.29. The number of carbonyl (C=O) groups is 1. The highest BCUT2D eigenvalue weighted by molar-refractivity contribution is 7.99. The van der Waals surface area contributed by atoms with E-state index in [1.54, 1.807) is 23.1 Å². The minimum Gasteiger partial charge on any atom is -0.480 e. The average molecular weight is 286 g/mol. The highest BCUT2D eigenvalue weighted by atomic mass is 32.2. The van der Waals surface area contributed by atoms with E-state index in [2.05, 4.69) is 31.1 Å². The highest BCUT2D eigenvalue weighted by Crippen LogP contribution is 2.34. The Morgan fingerprint density at radius 3 is 2.83 bits per heavy atom. The van der Waals surface area contributed by atoms with Crippen molar-refractivity contribution < 1.29 is 9.90 Å². The van der Waals surface area contributed by atoms with Gasteiger partial charge in [0.05, 0.1) is 16.1 Å². The summed E-state index contributed by atoms with van der Waals surface area (Å²) in [5, 5.41) is 15.3. The first-order valence-electron chi connectivity index (χ1n) is 5.94. The predicted molar refractivity (Wildman–Crippen MR) is 75.2 cm³/mol. The number of rotatable bonds is 2. The van der Waals surface area contributed by atoms with Crippen LogP contribution in [0.5, 0.6) is 0 Å². The van der Waals surface area contributed by atoms with Crippen LogP contribution in [0.1, 0.15) is 43.3 Å². The van der Waals surface area contributed by atoms with E-state index in [1.807, 2.05) is 5.38 Å². The van der Waals surface area contributed by atoms with Gasteiger partial charge < -0.3 is 5.11 Å². The van der Waals surface area contributed by atoms with Crippen molar-refractivity contribution in [2.45, 2.75) is 44.0 Å². The van der Waals surface area contributed by atoms with Crippen molar-refractivity contribution >= 4 is 29.1 Å². The third-order valence-electron chi connectivity index (χ3n) is 2.77. The lowest BCUT2D eigenvalue weighted by molar-refractivity contribution is -0.139. The Hall–Kier alpha value is -0.590. The molecule has 2 rings (SSSR count). The van der Waals surface area contributed by atoms with E-state index in [0.717, 1.165) is 16.5 Å². The van der Waals surface area contributed by atoms with Crippen LogP contribution in [0, 0.1) is 0 Å². The van der Waals surface area contributed by atoms with Gasteiger partial charge in [-0.25, -0.2) is 4.98 Å². The number of hydrogen-bond donors (Lipinski definition) is 2. The van der Waals surface area contributed by atoms with E-state index < -0.39 is 12.0 Å².